The summed E-state index contributed by atoms with van der Waals surface area (Å²) in [5, 5.41) is 7.96. The molecule has 1 saturated heterocycles. The van der Waals surface area contributed by atoms with E-state index in [0.29, 0.717) is 35.2 Å². The number of aromatic amines is 1. The lowest BCUT2D eigenvalue weighted by Gasteiger charge is -2.38. The van der Waals surface area contributed by atoms with Crippen LogP contribution >= 0.6 is 22.9 Å². The summed E-state index contributed by atoms with van der Waals surface area (Å²) in [7, 11) is 2.06. The van der Waals surface area contributed by atoms with Gasteiger partial charge >= 0.3 is 0 Å². The molecule has 2 aromatic heterocycles. The number of hydrogen-bond donors (Lipinski definition) is 3. The minimum absolute atomic E-state index is 0.0639. The smallest absolute Gasteiger partial charge is 0.280 e. The fraction of sp³-hybridized carbons (Fsp3) is 0.417. The average molecular weight is 515 g/mol. The lowest BCUT2D eigenvalue weighted by atomic mass is 9.98. The molecule has 3 aromatic rings. The maximum absolute atomic E-state index is 13.1. The maximum atomic E-state index is 13.1. The standard InChI is InChI=1S/C24H27ClN6O3S/c1-13(32)31-8-6-17(27-23(34)24-29-18-5-7-30(2)12-21(18)35-24)20(11-31)28-22(33)19-10-14-9-15(25)3-4-16(14)26-19/h3-4,9-10,17,20,26H,5-8,11-12H2,1-2H3,(H,27,34)(H,28,33)/t17-,20+/m0/s1. The molecular weight excluding hydrogens is 488 g/mol. The van der Waals surface area contributed by atoms with E-state index in [9.17, 15) is 14.4 Å². The van der Waals surface area contributed by atoms with Crippen LogP contribution in [0.5, 0.6) is 0 Å². The van der Waals surface area contributed by atoms with Crippen molar-refractivity contribution in [3.63, 3.8) is 0 Å². The van der Waals surface area contributed by atoms with E-state index in [1.807, 2.05) is 6.07 Å². The summed E-state index contributed by atoms with van der Waals surface area (Å²) in [5.74, 6) is -0.612. The summed E-state index contributed by atoms with van der Waals surface area (Å²) < 4.78 is 0. The van der Waals surface area contributed by atoms with Gasteiger partial charge in [0.15, 0.2) is 5.01 Å². The van der Waals surface area contributed by atoms with Crippen molar-refractivity contribution in [2.75, 3.05) is 26.7 Å². The van der Waals surface area contributed by atoms with Crippen molar-refractivity contribution in [3.8, 4) is 0 Å². The number of halogens is 1. The number of piperidine rings is 1. The van der Waals surface area contributed by atoms with Crippen LogP contribution in [0.15, 0.2) is 24.3 Å². The largest absolute Gasteiger partial charge is 0.351 e. The number of carbonyl (C=O) groups is 3. The first-order valence-electron chi connectivity index (χ1n) is 11.6. The zero-order valence-corrected chi connectivity index (χ0v) is 21.1. The maximum Gasteiger partial charge on any atom is 0.280 e. The second kappa shape index (κ2) is 9.60. The van der Waals surface area contributed by atoms with Crippen LogP contribution in [0.1, 0.15) is 44.2 Å². The highest BCUT2D eigenvalue weighted by molar-refractivity contribution is 7.13. The number of likely N-dealkylation sites (N-methyl/N-ethyl adjacent to an activating group) is 1. The van der Waals surface area contributed by atoms with Gasteiger partial charge in [0.05, 0.1) is 17.8 Å². The predicted molar refractivity (Wildman–Crippen MR) is 135 cm³/mol. The summed E-state index contributed by atoms with van der Waals surface area (Å²) in [5.41, 5.74) is 2.19. The van der Waals surface area contributed by atoms with Crippen molar-refractivity contribution < 1.29 is 14.4 Å². The van der Waals surface area contributed by atoms with Crippen molar-refractivity contribution in [2.24, 2.45) is 0 Å². The second-order valence-corrected chi connectivity index (χ2v) is 10.7. The molecule has 0 aliphatic carbocycles. The number of amides is 3. The Kier molecular flexibility index (Phi) is 6.52. The number of carbonyl (C=O) groups excluding carboxylic acids is 3. The second-order valence-electron chi connectivity index (χ2n) is 9.20. The molecule has 2 atom stereocenters. The number of benzene rings is 1. The molecule has 2 aliphatic rings. The number of rotatable bonds is 4. The van der Waals surface area contributed by atoms with Gasteiger partial charge in [-0.05, 0) is 37.7 Å². The Balaban J connectivity index is 1.32. The minimum atomic E-state index is -0.445. The van der Waals surface area contributed by atoms with Gasteiger partial charge < -0.3 is 25.4 Å². The van der Waals surface area contributed by atoms with E-state index in [1.165, 1.54) is 18.3 Å². The summed E-state index contributed by atoms with van der Waals surface area (Å²) >= 11 is 7.49. The van der Waals surface area contributed by atoms with E-state index >= 15 is 0 Å². The van der Waals surface area contributed by atoms with Crippen molar-refractivity contribution in [2.45, 2.75) is 38.4 Å². The van der Waals surface area contributed by atoms with E-state index in [4.69, 9.17) is 11.6 Å². The highest BCUT2D eigenvalue weighted by Gasteiger charge is 2.34. The highest BCUT2D eigenvalue weighted by atomic mass is 35.5. The van der Waals surface area contributed by atoms with E-state index in [2.05, 4.69) is 32.5 Å². The lowest BCUT2D eigenvalue weighted by molar-refractivity contribution is -0.130. The minimum Gasteiger partial charge on any atom is -0.351 e. The molecule has 3 N–H and O–H groups in total. The van der Waals surface area contributed by atoms with Gasteiger partial charge in [-0.2, -0.15) is 0 Å². The molecule has 0 saturated carbocycles. The van der Waals surface area contributed by atoms with Crippen LogP contribution in [0.25, 0.3) is 10.9 Å². The molecule has 184 valence electrons. The van der Waals surface area contributed by atoms with Crippen LogP contribution < -0.4 is 10.6 Å². The average Bonchev–Trinajstić information content (AvgIpc) is 3.43. The molecule has 4 heterocycles. The number of aromatic nitrogens is 2. The predicted octanol–water partition coefficient (Wildman–Crippen LogP) is 2.41. The van der Waals surface area contributed by atoms with Crippen LogP contribution in [-0.4, -0.2) is 76.3 Å². The number of nitrogens with one attached hydrogen (secondary N) is 3. The van der Waals surface area contributed by atoms with E-state index in [1.54, 1.807) is 23.1 Å². The molecule has 0 bridgehead atoms. The first-order chi connectivity index (χ1) is 16.8. The molecule has 0 radical (unpaired) electrons. The molecular formula is C24H27ClN6O3S. The fourth-order valence-electron chi connectivity index (χ4n) is 4.68. The Labute approximate surface area is 211 Å². The summed E-state index contributed by atoms with van der Waals surface area (Å²) in [6, 6.07) is 6.34. The number of hydrogen-bond acceptors (Lipinski definition) is 6. The molecule has 0 unspecified atom stereocenters. The van der Waals surface area contributed by atoms with Crippen LogP contribution in [0, 0.1) is 0 Å². The zero-order chi connectivity index (χ0) is 24.7. The van der Waals surface area contributed by atoms with E-state index < -0.39 is 6.04 Å². The van der Waals surface area contributed by atoms with Crippen molar-refractivity contribution in [1.82, 2.24) is 30.4 Å². The molecule has 3 amide bonds. The van der Waals surface area contributed by atoms with Crippen LogP contribution in [0.2, 0.25) is 5.02 Å². The Morgan fingerprint density at radius 3 is 2.74 bits per heavy atom. The fourth-order valence-corrected chi connectivity index (χ4v) is 5.95. The zero-order valence-electron chi connectivity index (χ0n) is 19.6. The third-order valence-electron chi connectivity index (χ3n) is 6.63. The van der Waals surface area contributed by atoms with Crippen molar-refractivity contribution >= 4 is 51.6 Å². The van der Waals surface area contributed by atoms with Gasteiger partial charge in [-0.15, -0.1) is 11.3 Å². The summed E-state index contributed by atoms with van der Waals surface area (Å²) in [6.45, 7) is 4.06. The number of nitrogens with zero attached hydrogens (tertiary/aromatic N) is 3. The van der Waals surface area contributed by atoms with Gasteiger partial charge in [-0.3, -0.25) is 14.4 Å². The van der Waals surface area contributed by atoms with Gasteiger partial charge in [0.2, 0.25) is 5.91 Å². The summed E-state index contributed by atoms with van der Waals surface area (Å²) in [4.78, 5) is 50.9. The molecule has 0 spiro atoms. The molecule has 35 heavy (non-hydrogen) atoms. The molecule has 1 fully saturated rings. The first-order valence-corrected chi connectivity index (χ1v) is 12.8. The number of thiazole rings is 1. The van der Waals surface area contributed by atoms with Gasteiger partial charge in [0.1, 0.15) is 5.69 Å². The van der Waals surface area contributed by atoms with Gasteiger partial charge in [0, 0.05) is 60.3 Å². The third-order valence-corrected chi connectivity index (χ3v) is 7.95. The molecule has 2 aliphatic heterocycles. The van der Waals surface area contributed by atoms with Crippen LogP contribution in [0.3, 0.4) is 0 Å². The Bertz CT molecular complexity index is 1300. The molecule has 9 nitrogen and oxygen atoms in total. The first kappa shape index (κ1) is 23.8. The number of fused-ring (bicyclic) bond motifs is 2. The van der Waals surface area contributed by atoms with Crippen molar-refractivity contribution in [3.05, 3.63) is 50.6 Å². The van der Waals surface area contributed by atoms with Gasteiger partial charge in [-0.25, -0.2) is 4.98 Å². The SMILES string of the molecule is CC(=O)N1CC[C@H](NC(=O)c2nc3c(s2)CN(C)CC3)[C@H](NC(=O)c2cc3cc(Cl)ccc3[nH]2)C1. The molecule has 1 aromatic carbocycles. The van der Waals surface area contributed by atoms with Gasteiger partial charge in [-0.1, -0.05) is 11.6 Å². The van der Waals surface area contributed by atoms with E-state index in [-0.39, 0.29) is 23.8 Å². The Morgan fingerprint density at radius 2 is 1.94 bits per heavy atom. The Hall–Kier alpha value is -2.95. The van der Waals surface area contributed by atoms with Crippen molar-refractivity contribution in [1.29, 1.82) is 0 Å². The molecule has 11 heteroatoms. The Morgan fingerprint density at radius 1 is 1.14 bits per heavy atom. The van der Waals surface area contributed by atoms with Gasteiger partial charge in [0.25, 0.3) is 11.8 Å². The monoisotopic (exact) mass is 514 g/mol. The highest BCUT2D eigenvalue weighted by Crippen LogP contribution is 2.25. The third kappa shape index (κ3) is 5.05. The lowest BCUT2D eigenvalue weighted by Crippen LogP contribution is -2.61. The quantitative estimate of drug-likeness (QED) is 0.495. The topological polar surface area (TPSA) is 110 Å². The van der Waals surface area contributed by atoms with E-state index in [0.717, 1.165) is 41.0 Å². The normalized spacial score (nSPS) is 20.5. The van der Waals surface area contributed by atoms with Crippen LogP contribution in [0.4, 0.5) is 0 Å². The number of H-pyrrole nitrogens is 1. The van der Waals surface area contributed by atoms with Crippen LogP contribution in [-0.2, 0) is 17.8 Å². The summed E-state index contributed by atoms with van der Waals surface area (Å²) in [6.07, 6.45) is 1.37. The number of likely N-dealkylation sites (tertiary alicyclic amines) is 1. The molecule has 5 rings (SSSR count).